The maximum atomic E-state index is 13.3. The van der Waals surface area contributed by atoms with Gasteiger partial charge < -0.3 is 9.84 Å². The fourth-order valence-electron chi connectivity index (χ4n) is 5.94. The van der Waals surface area contributed by atoms with Gasteiger partial charge in [-0.05, 0) is 88.1 Å². The van der Waals surface area contributed by atoms with Crippen molar-refractivity contribution in [2.24, 2.45) is 11.8 Å². The van der Waals surface area contributed by atoms with Crippen molar-refractivity contribution < 1.29 is 23.1 Å². The number of anilines is 1. The van der Waals surface area contributed by atoms with Crippen LogP contribution in [0, 0.1) is 25.7 Å². The van der Waals surface area contributed by atoms with E-state index in [2.05, 4.69) is 40.5 Å². The molecule has 1 aliphatic carbocycles. The van der Waals surface area contributed by atoms with Gasteiger partial charge in [0.15, 0.2) is 0 Å². The Morgan fingerprint density at radius 2 is 1.72 bits per heavy atom. The van der Waals surface area contributed by atoms with E-state index in [1.54, 1.807) is 12.1 Å². The number of aliphatic hydroxyl groups is 1. The summed E-state index contributed by atoms with van der Waals surface area (Å²) in [6.07, 6.45) is 5.65. The molecule has 1 aliphatic rings. The van der Waals surface area contributed by atoms with Gasteiger partial charge in [-0.2, -0.15) is 4.98 Å². The summed E-state index contributed by atoms with van der Waals surface area (Å²) < 4.78 is 35.4. The Morgan fingerprint density at radius 3 is 2.35 bits per heavy atom. The third kappa shape index (κ3) is 8.40. The van der Waals surface area contributed by atoms with Crippen LogP contribution in [0.25, 0.3) is 11.3 Å². The van der Waals surface area contributed by atoms with Crippen LogP contribution in [0.3, 0.4) is 0 Å². The molecule has 0 unspecified atom stereocenters. The summed E-state index contributed by atoms with van der Waals surface area (Å²) in [6.45, 7) is 8.99. The van der Waals surface area contributed by atoms with Crippen LogP contribution in [0.5, 0.6) is 5.88 Å². The van der Waals surface area contributed by atoms with Gasteiger partial charge in [0.05, 0.1) is 10.6 Å². The largest absolute Gasteiger partial charge is 0.476 e. The molecular weight excluding hydrogens is 564 g/mol. The minimum Gasteiger partial charge on any atom is -0.476 e. The molecule has 1 atom stereocenters. The number of benzene rings is 2. The van der Waals surface area contributed by atoms with Crippen LogP contribution in [-0.2, 0) is 10.0 Å². The van der Waals surface area contributed by atoms with E-state index in [9.17, 15) is 18.3 Å². The fraction of sp³-hybridized carbons (Fsp3) is 0.485. The first-order valence-corrected chi connectivity index (χ1v) is 16.5. The zero-order valence-corrected chi connectivity index (χ0v) is 26.6. The first-order valence-electron chi connectivity index (χ1n) is 15.0. The highest BCUT2D eigenvalue weighted by molar-refractivity contribution is 7.92. The summed E-state index contributed by atoms with van der Waals surface area (Å²) >= 11 is 0. The van der Waals surface area contributed by atoms with Crippen LogP contribution >= 0.6 is 0 Å². The van der Waals surface area contributed by atoms with Crippen molar-refractivity contribution >= 4 is 22.3 Å². The van der Waals surface area contributed by atoms with Crippen molar-refractivity contribution in [1.82, 2.24) is 14.9 Å². The van der Waals surface area contributed by atoms with Crippen LogP contribution < -0.4 is 9.46 Å². The molecule has 10 heteroatoms. The number of sulfonamides is 1. The van der Waals surface area contributed by atoms with Gasteiger partial charge in [-0.15, -0.1) is 0 Å². The van der Waals surface area contributed by atoms with Crippen molar-refractivity contribution in [3.63, 3.8) is 0 Å². The summed E-state index contributed by atoms with van der Waals surface area (Å²) in [7, 11) is -1.93. The lowest BCUT2D eigenvalue weighted by Gasteiger charge is -2.39. The normalized spacial score (nSPS) is 18.0. The van der Waals surface area contributed by atoms with Gasteiger partial charge in [0.25, 0.3) is 10.0 Å². The molecule has 43 heavy (non-hydrogen) atoms. The maximum absolute atomic E-state index is 13.3. The summed E-state index contributed by atoms with van der Waals surface area (Å²) in [5.41, 5.74) is 3.68. The van der Waals surface area contributed by atoms with E-state index in [4.69, 9.17) is 4.74 Å². The minimum atomic E-state index is -4.08. The summed E-state index contributed by atoms with van der Waals surface area (Å²) in [4.78, 5) is 22.7. The van der Waals surface area contributed by atoms with E-state index >= 15 is 0 Å². The van der Waals surface area contributed by atoms with E-state index in [0.29, 0.717) is 36.5 Å². The number of hydrogen-bond acceptors (Lipinski definition) is 8. The smallest absolute Gasteiger partial charge is 0.264 e. The molecule has 1 heterocycles. The molecule has 0 radical (unpaired) electrons. The number of ether oxygens (including phenoxy) is 1. The number of aromatic nitrogens is 2. The first-order chi connectivity index (χ1) is 20.5. The number of aliphatic hydroxyl groups excluding tert-OH is 1. The summed E-state index contributed by atoms with van der Waals surface area (Å²) in [5, 5.41) is 9.57. The first kappa shape index (κ1) is 32.6. The average molecular weight is 609 g/mol. The van der Waals surface area contributed by atoms with Crippen LogP contribution in [-0.4, -0.2) is 67.0 Å². The molecule has 1 saturated carbocycles. The van der Waals surface area contributed by atoms with Gasteiger partial charge in [0.2, 0.25) is 11.8 Å². The number of nitrogens with zero attached hydrogens (tertiary/aromatic N) is 3. The van der Waals surface area contributed by atoms with E-state index in [0.717, 1.165) is 48.8 Å². The highest BCUT2D eigenvalue weighted by Gasteiger charge is 2.29. The number of likely N-dealkylation sites (N-methyl/N-ethyl adjacent to an activating group) is 1. The molecule has 2 N–H and O–H groups in total. The molecule has 4 rings (SSSR count). The van der Waals surface area contributed by atoms with E-state index in [-0.39, 0.29) is 34.9 Å². The van der Waals surface area contributed by atoms with Gasteiger partial charge in [0, 0.05) is 35.9 Å². The Labute approximate surface area is 255 Å². The lowest BCUT2D eigenvalue weighted by Crippen LogP contribution is -2.45. The SMILES string of the molecule is Cc1cccc(C)c1-c1cc(OC[C@@H](CC(C)C)N(C)C2CCC(CO)CC2)nc(NS(=O)(=O)c2cccc(C=O)c2)n1. The lowest BCUT2D eigenvalue weighted by molar-refractivity contribution is 0.0653. The highest BCUT2D eigenvalue weighted by atomic mass is 32.2. The second-order valence-corrected chi connectivity index (χ2v) is 13.8. The zero-order chi connectivity index (χ0) is 31.1. The minimum absolute atomic E-state index is 0.0600. The van der Waals surface area contributed by atoms with Crippen LogP contribution in [0.1, 0.15) is 67.4 Å². The zero-order valence-electron chi connectivity index (χ0n) is 25.8. The number of rotatable bonds is 13. The van der Waals surface area contributed by atoms with Crippen molar-refractivity contribution in [3.8, 4) is 17.1 Å². The Morgan fingerprint density at radius 1 is 1.05 bits per heavy atom. The standard InChI is InChI=1S/C33H44N4O5S/c1-22(2)16-28(37(5)27-14-12-25(19-38)13-15-27)21-42-31-18-30(32-23(3)8-6-9-24(32)4)34-33(35-31)36-43(40,41)29-11-7-10-26(17-29)20-39/h6-11,17-18,20,22,25,27-28,38H,12-16,19,21H2,1-5H3,(H,34,35,36)/t25?,27?,28-/m1/s1. The quantitative estimate of drug-likeness (QED) is 0.239. The third-order valence-corrected chi connectivity index (χ3v) is 9.69. The van der Waals surface area contributed by atoms with Crippen LogP contribution in [0.4, 0.5) is 5.95 Å². The van der Waals surface area contributed by atoms with E-state index in [1.807, 2.05) is 32.0 Å². The van der Waals surface area contributed by atoms with Crippen molar-refractivity contribution in [2.45, 2.75) is 76.8 Å². The topological polar surface area (TPSA) is 122 Å². The number of carbonyl (C=O) groups is 1. The fourth-order valence-corrected chi connectivity index (χ4v) is 6.93. The number of nitrogens with one attached hydrogen (secondary N) is 1. The number of aryl methyl sites for hydroxylation is 2. The van der Waals surface area contributed by atoms with Crippen molar-refractivity contribution in [2.75, 3.05) is 25.0 Å². The monoisotopic (exact) mass is 608 g/mol. The molecule has 0 spiro atoms. The number of aldehydes is 1. The van der Waals surface area contributed by atoms with Crippen molar-refractivity contribution in [3.05, 3.63) is 65.2 Å². The predicted molar refractivity (Wildman–Crippen MR) is 169 cm³/mol. The summed E-state index contributed by atoms with van der Waals surface area (Å²) in [6, 6.07) is 14.0. The number of carbonyl (C=O) groups excluding carboxylic acids is 1. The molecule has 0 amide bonds. The Hall–Kier alpha value is -3.34. The lowest BCUT2D eigenvalue weighted by atomic mass is 9.85. The van der Waals surface area contributed by atoms with E-state index in [1.165, 1.54) is 18.2 Å². The van der Waals surface area contributed by atoms with E-state index < -0.39 is 10.0 Å². The molecule has 2 aromatic carbocycles. The molecule has 0 saturated heterocycles. The van der Waals surface area contributed by atoms with Gasteiger partial charge in [-0.1, -0.05) is 44.2 Å². The van der Waals surface area contributed by atoms with Gasteiger partial charge >= 0.3 is 0 Å². The van der Waals surface area contributed by atoms with Crippen LogP contribution in [0.2, 0.25) is 0 Å². The van der Waals surface area contributed by atoms with Crippen molar-refractivity contribution in [1.29, 1.82) is 0 Å². The molecule has 232 valence electrons. The predicted octanol–water partition coefficient (Wildman–Crippen LogP) is 5.65. The Kier molecular flexibility index (Phi) is 10.9. The van der Waals surface area contributed by atoms with Gasteiger partial charge in [-0.25, -0.2) is 18.1 Å². The van der Waals surface area contributed by atoms with Gasteiger partial charge in [-0.3, -0.25) is 9.69 Å². The van der Waals surface area contributed by atoms with Gasteiger partial charge in [0.1, 0.15) is 12.9 Å². The molecule has 9 nitrogen and oxygen atoms in total. The molecule has 1 aromatic heterocycles. The average Bonchev–Trinajstić information content (AvgIpc) is 2.98. The molecule has 3 aromatic rings. The third-order valence-electron chi connectivity index (χ3n) is 8.36. The Balaban J connectivity index is 1.64. The molecule has 0 aliphatic heterocycles. The second kappa shape index (κ2) is 14.4. The molecule has 0 bridgehead atoms. The molecule has 1 fully saturated rings. The Bertz CT molecular complexity index is 1480. The number of hydrogen-bond donors (Lipinski definition) is 2. The molecular formula is C33H44N4O5S. The summed E-state index contributed by atoms with van der Waals surface area (Å²) in [5.74, 6) is 1.00. The second-order valence-electron chi connectivity index (χ2n) is 12.1. The van der Waals surface area contributed by atoms with Crippen LogP contribution in [0.15, 0.2) is 53.4 Å². The highest BCUT2D eigenvalue weighted by Crippen LogP contribution is 2.31. The maximum Gasteiger partial charge on any atom is 0.264 e.